The Morgan fingerprint density at radius 1 is 1.14 bits per heavy atom. The van der Waals surface area contributed by atoms with Crippen molar-refractivity contribution < 1.29 is 14.3 Å². The lowest BCUT2D eigenvalue weighted by Gasteiger charge is -2.16. The summed E-state index contributed by atoms with van der Waals surface area (Å²) in [7, 11) is 1.62. The third-order valence-electron chi connectivity index (χ3n) is 4.94. The minimum atomic E-state index is 0.266. The highest BCUT2D eigenvalue weighted by Gasteiger charge is 2.18. The van der Waals surface area contributed by atoms with Crippen molar-refractivity contribution in [2.75, 3.05) is 26.7 Å². The Bertz CT molecular complexity index is 825. The summed E-state index contributed by atoms with van der Waals surface area (Å²) in [6, 6.07) is 11.2. The fourth-order valence-electron chi connectivity index (χ4n) is 3.33. The van der Waals surface area contributed by atoms with E-state index >= 15 is 0 Å². The molecule has 3 rings (SSSR count). The largest absolute Gasteiger partial charge is 0.493 e. The molecule has 0 aliphatic carbocycles. The number of benzene rings is 2. The second-order valence-electron chi connectivity index (χ2n) is 6.99. The van der Waals surface area contributed by atoms with Gasteiger partial charge in [-0.1, -0.05) is 35.3 Å². The Balaban J connectivity index is 1.48. The number of nitrogens with zero attached hydrogens (tertiary/aromatic N) is 1. The van der Waals surface area contributed by atoms with Crippen LogP contribution in [0.15, 0.2) is 36.4 Å². The average Bonchev–Trinajstić information content (AvgIpc) is 3.12. The Kier molecular flexibility index (Phi) is 8.04. The molecular formula is C22H26Cl2N2O3. The molecule has 0 spiro atoms. The molecule has 1 amide bonds. The summed E-state index contributed by atoms with van der Waals surface area (Å²) in [4.78, 5) is 13.6. The minimum absolute atomic E-state index is 0.266. The first-order valence-electron chi connectivity index (χ1n) is 9.79. The van der Waals surface area contributed by atoms with Crippen molar-refractivity contribution >= 4 is 29.1 Å². The van der Waals surface area contributed by atoms with Crippen LogP contribution < -0.4 is 14.8 Å². The standard InChI is InChI=1S/C22H26Cl2N2O3/c1-28-21-13-16(14-25-10-4-12-26-11-3-7-22(26)27)8-9-20(21)29-15-17-18(23)5-2-6-19(17)24/h2,5-6,8-9,13,25H,3-4,7,10-12,14-15H2,1H3. The zero-order chi connectivity index (χ0) is 20.6. The first kappa shape index (κ1) is 21.8. The molecule has 1 fully saturated rings. The minimum Gasteiger partial charge on any atom is -0.493 e. The molecule has 156 valence electrons. The van der Waals surface area contributed by atoms with E-state index in [4.69, 9.17) is 32.7 Å². The van der Waals surface area contributed by atoms with Gasteiger partial charge in [-0.3, -0.25) is 4.79 Å². The number of ether oxygens (including phenoxy) is 2. The van der Waals surface area contributed by atoms with Crippen LogP contribution in [0.5, 0.6) is 11.5 Å². The van der Waals surface area contributed by atoms with E-state index in [1.54, 1.807) is 25.3 Å². The van der Waals surface area contributed by atoms with Crippen LogP contribution in [0.25, 0.3) is 0 Å². The van der Waals surface area contributed by atoms with Gasteiger partial charge in [-0.05, 0) is 49.2 Å². The van der Waals surface area contributed by atoms with Crippen LogP contribution in [0.4, 0.5) is 0 Å². The maximum Gasteiger partial charge on any atom is 0.222 e. The third kappa shape index (κ3) is 6.01. The van der Waals surface area contributed by atoms with Crippen molar-refractivity contribution in [3.63, 3.8) is 0 Å². The Morgan fingerprint density at radius 3 is 2.62 bits per heavy atom. The molecule has 1 saturated heterocycles. The molecule has 2 aromatic carbocycles. The van der Waals surface area contributed by atoms with E-state index in [9.17, 15) is 4.79 Å². The molecule has 5 nitrogen and oxygen atoms in total. The van der Waals surface area contributed by atoms with Crippen molar-refractivity contribution in [1.29, 1.82) is 0 Å². The van der Waals surface area contributed by atoms with Crippen LogP contribution in [0.1, 0.15) is 30.4 Å². The highest BCUT2D eigenvalue weighted by Crippen LogP contribution is 2.31. The van der Waals surface area contributed by atoms with Gasteiger partial charge in [-0.15, -0.1) is 0 Å². The highest BCUT2D eigenvalue weighted by molar-refractivity contribution is 6.35. The van der Waals surface area contributed by atoms with Gasteiger partial charge in [0.25, 0.3) is 0 Å². The summed E-state index contributed by atoms with van der Waals surface area (Å²) in [5.74, 6) is 1.58. The molecule has 0 unspecified atom stereocenters. The van der Waals surface area contributed by atoms with Crippen molar-refractivity contribution in [3.05, 3.63) is 57.6 Å². The van der Waals surface area contributed by atoms with Gasteiger partial charge in [-0.25, -0.2) is 0 Å². The Labute approximate surface area is 181 Å². The monoisotopic (exact) mass is 436 g/mol. The highest BCUT2D eigenvalue weighted by atomic mass is 35.5. The topological polar surface area (TPSA) is 50.8 Å². The van der Waals surface area contributed by atoms with E-state index in [1.807, 2.05) is 23.1 Å². The van der Waals surface area contributed by atoms with Gasteiger partial charge in [0.05, 0.1) is 7.11 Å². The van der Waals surface area contributed by atoms with Gasteiger partial charge in [0.2, 0.25) is 5.91 Å². The molecule has 1 aliphatic heterocycles. The van der Waals surface area contributed by atoms with Gasteiger partial charge >= 0.3 is 0 Å². The summed E-state index contributed by atoms with van der Waals surface area (Å²) in [5.41, 5.74) is 1.85. The van der Waals surface area contributed by atoms with Crippen LogP contribution in [0.3, 0.4) is 0 Å². The van der Waals surface area contributed by atoms with Crippen LogP contribution in [0, 0.1) is 0 Å². The lowest BCUT2D eigenvalue weighted by Crippen LogP contribution is -2.28. The van der Waals surface area contributed by atoms with Gasteiger partial charge < -0.3 is 19.7 Å². The molecule has 0 aromatic heterocycles. The van der Waals surface area contributed by atoms with E-state index in [-0.39, 0.29) is 12.5 Å². The number of hydrogen-bond donors (Lipinski definition) is 1. The number of halogens is 2. The molecule has 1 aliphatic rings. The van der Waals surface area contributed by atoms with E-state index in [0.717, 1.165) is 50.1 Å². The van der Waals surface area contributed by atoms with Crippen molar-refractivity contribution in [1.82, 2.24) is 10.2 Å². The van der Waals surface area contributed by atoms with Gasteiger partial charge in [-0.2, -0.15) is 0 Å². The lowest BCUT2D eigenvalue weighted by atomic mass is 10.2. The summed E-state index contributed by atoms with van der Waals surface area (Å²) in [6.07, 6.45) is 2.64. The number of methoxy groups -OCH3 is 1. The normalized spacial score (nSPS) is 13.8. The van der Waals surface area contributed by atoms with Crippen LogP contribution in [-0.2, 0) is 17.9 Å². The van der Waals surface area contributed by atoms with Gasteiger partial charge in [0.1, 0.15) is 6.61 Å². The average molecular weight is 437 g/mol. The zero-order valence-corrected chi connectivity index (χ0v) is 18.1. The predicted octanol–water partition coefficient (Wildman–Crippen LogP) is 4.68. The Morgan fingerprint density at radius 2 is 1.93 bits per heavy atom. The van der Waals surface area contributed by atoms with Crippen LogP contribution >= 0.6 is 23.2 Å². The predicted molar refractivity (Wildman–Crippen MR) is 116 cm³/mol. The number of nitrogens with one attached hydrogen (secondary N) is 1. The van der Waals surface area contributed by atoms with Crippen LogP contribution in [0.2, 0.25) is 10.0 Å². The molecule has 29 heavy (non-hydrogen) atoms. The van der Waals surface area contributed by atoms with Gasteiger partial charge in [0, 0.05) is 41.7 Å². The molecule has 1 heterocycles. The molecule has 2 aromatic rings. The molecule has 1 N–H and O–H groups in total. The number of amides is 1. The lowest BCUT2D eigenvalue weighted by molar-refractivity contribution is -0.127. The smallest absolute Gasteiger partial charge is 0.222 e. The first-order valence-corrected chi connectivity index (χ1v) is 10.5. The summed E-state index contributed by atoms with van der Waals surface area (Å²) < 4.78 is 11.4. The van der Waals surface area contributed by atoms with Crippen LogP contribution in [-0.4, -0.2) is 37.6 Å². The Hall–Kier alpha value is -1.95. The maximum atomic E-state index is 11.6. The molecule has 7 heteroatoms. The zero-order valence-electron chi connectivity index (χ0n) is 16.5. The van der Waals surface area contributed by atoms with Crippen molar-refractivity contribution in [2.24, 2.45) is 0 Å². The fraction of sp³-hybridized carbons (Fsp3) is 0.409. The third-order valence-corrected chi connectivity index (χ3v) is 5.65. The number of rotatable bonds is 10. The van der Waals surface area contributed by atoms with E-state index in [0.29, 0.717) is 28.0 Å². The summed E-state index contributed by atoms with van der Waals surface area (Å²) in [5, 5.41) is 4.57. The van der Waals surface area contributed by atoms with Crippen molar-refractivity contribution in [3.8, 4) is 11.5 Å². The van der Waals surface area contributed by atoms with Gasteiger partial charge in [0.15, 0.2) is 11.5 Å². The number of likely N-dealkylation sites (tertiary alicyclic amines) is 1. The maximum absolute atomic E-state index is 11.6. The fourth-order valence-corrected chi connectivity index (χ4v) is 3.84. The molecule has 0 radical (unpaired) electrons. The second-order valence-corrected chi connectivity index (χ2v) is 7.80. The second kappa shape index (κ2) is 10.7. The SMILES string of the molecule is COc1cc(CNCCCN2CCCC2=O)ccc1OCc1c(Cl)cccc1Cl. The first-order chi connectivity index (χ1) is 14.1. The summed E-state index contributed by atoms with van der Waals surface area (Å²) in [6.45, 7) is 3.57. The molecular weight excluding hydrogens is 411 g/mol. The van der Waals surface area contributed by atoms with Crippen molar-refractivity contribution in [2.45, 2.75) is 32.4 Å². The number of hydrogen-bond acceptors (Lipinski definition) is 4. The quantitative estimate of drug-likeness (QED) is 0.549. The van der Waals surface area contributed by atoms with E-state index in [1.165, 1.54) is 0 Å². The van der Waals surface area contributed by atoms with E-state index in [2.05, 4.69) is 5.32 Å². The summed E-state index contributed by atoms with van der Waals surface area (Å²) >= 11 is 12.4. The molecule has 0 saturated carbocycles. The van der Waals surface area contributed by atoms with E-state index < -0.39 is 0 Å². The number of carbonyl (C=O) groups excluding carboxylic acids is 1. The number of carbonyl (C=O) groups is 1. The molecule has 0 bridgehead atoms. The molecule has 0 atom stereocenters.